The van der Waals surface area contributed by atoms with Crippen LogP contribution in [0.4, 0.5) is 26.3 Å². The first-order valence-electron chi connectivity index (χ1n) is 5.06. The zero-order valence-corrected chi connectivity index (χ0v) is 10.1. The van der Waals surface area contributed by atoms with Crippen LogP contribution in [0.2, 0.25) is 0 Å². The molecule has 0 rings (SSSR count). The smallest absolute Gasteiger partial charge is 0.411 e. The first-order chi connectivity index (χ1) is 8.91. The third-order valence-corrected chi connectivity index (χ3v) is 1.84. The van der Waals surface area contributed by atoms with Gasteiger partial charge in [0.05, 0.1) is 12.2 Å². The van der Waals surface area contributed by atoms with Gasteiger partial charge in [0.15, 0.2) is 0 Å². The Morgan fingerprint density at radius 3 is 1.85 bits per heavy atom. The van der Waals surface area contributed by atoms with E-state index in [9.17, 15) is 35.9 Å². The Hall–Kier alpha value is -1.74. The third kappa shape index (κ3) is 5.49. The highest BCUT2D eigenvalue weighted by Crippen LogP contribution is 2.39. The Morgan fingerprint density at radius 1 is 1.05 bits per heavy atom. The Balaban J connectivity index is 4.74. The summed E-state index contributed by atoms with van der Waals surface area (Å²) in [6, 6.07) is 0. The van der Waals surface area contributed by atoms with Gasteiger partial charge in [-0.1, -0.05) is 6.58 Å². The molecule has 0 aromatic heterocycles. The van der Waals surface area contributed by atoms with Gasteiger partial charge in [0.1, 0.15) is 6.61 Å². The number of hydrogen-bond acceptors (Lipinski definition) is 4. The lowest BCUT2D eigenvalue weighted by Gasteiger charge is -2.21. The number of ether oxygens (including phenoxy) is 2. The zero-order chi connectivity index (χ0) is 16.1. The number of carbonyl (C=O) groups is 2. The lowest BCUT2D eigenvalue weighted by Crippen LogP contribution is -2.43. The molecule has 0 spiro atoms. The van der Waals surface area contributed by atoms with Crippen molar-refractivity contribution in [1.82, 2.24) is 0 Å². The van der Waals surface area contributed by atoms with Crippen LogP contribution in [0, 0.1) is 5.92 Å². The molecule has 0 heterocycles. The minimum absolute atomic E-state index is 0.0838. The molecule has 10 heteroatoms. The topological polar surface area (TPSA) is 52.6 Å². The summed E-state index contributed by atoms with van der Waals surface area (Å²) in [5.41, 5.74) is -0.580. The van der Waals surface area contributed by atoms with Crippen molar-refractivity contribution in [2.24, 2.45) is 5.92 Å². The summed E-state index contributed by atoms with van der Waals surface area (Å²) in [5, 5.41) is 0. The quantitative estimate of drug-likeness (QED) is 0.444. The van der Waals surface area contributed by atoms with Crippen LogP contribution >= 0.6 is 0 Å². The summed E-state index contributed by atoms with van der Waals surface area (Å²) < 4.78 is 81.0. The van der Waals surface area contributed by atoms with Crippen LogP contribution in [0.15, 0.2) is 12.2 Å². The number of esters is 2. The van der Waals surface area contributed by atoms with Crippen LogP contribution in [0.3, 0.4) is 0 Å². The predicted molar refractivity (Wildman–Crippen MR) is 52.3 cm³/mol. The lowest BCUT2D eigenvalue weighted by molar-refractivity contribution is -0.281. The number of alkyl halides is 6. The minimum Gasteiger partial charge on any atom is -0.463 e. The summed E-state index contributed by atoms with van der Waals surface area (Å²) in [5.74, 6) is -7.92. The van der Waals surface area contributed by atoms with Crippen LogP contribution in [-0.4, -0.2) is 37.5 Å². The summed E-state index contributed by atoms with van der Waals surface area (Å²) in [6.45, 7) is 3.22. The van der Waals surface area contributed by atoms with E-state index < -0.39 is 42.4 Å². The molecule has 0 N–H and O–H groups in total. The van der Waals surface area contributed by atoms with Gasteiger partial charge in [0.2, 0.25) is 5.92 Å². The molecule has 0 radical (unpaired) electrons. The maximum atomic E-state index is 12.1. The largest absolute Gasteiger partial charge is 0.463 e. The van der Waals surface area contributed by atoms with Crippen LogP contribution in [0.5, 0.6) is 0 Å². The highest BCUT2D eigenvalue weighted by molar-refractivity contribution is 5.88. The molecular weight excluding hydrogens is 298 g/mol. The molecule has 0 amide bonds. The molecule has 0 aliphatic rings. The fraction of sp³-hybridized carbons (Fsp3) is 0.600. The van der Waals surface area contributed by atoms with Crippen molar-refractivity contribution in [3.05, 3.63) is 12.2 Å². The van der Waals surface area contributed by atoms with Crippen molar-refractivity contribution in [1.29, 1.82) is 0 Å². The molecule has 116 valence electrons. The van der Waals surface area contributed by atoms with Gasteiger partial charge < -0.3 is 9.47 Å². The summed E-state index contributed by atoms with van der Waals surface area (Å²) in [7, 11) is 0. The van der Waals surface area contributed by atoms with Gasteiger partial charge in [-0.15, -0.1) is 0 Å². The second-order valence-electron chi connectivity index (χ2n) is 3.45. The number of carbonyl (C=O) groups excluding carboxylic acids is 2. The van der Waals surface area contributed by atoms with Gasteiger partial charge >= 0.3 is 24.3 Å². The molecule has 4 nitrogen and oxygen atoms in total. The van der Waals surface area contributed by atoms with Crippen LogP contribution < -0.4 is 0 Å². The van der Waals surface area contributed by atoms with Crippen molar-refractivity contribution in [2.45, 2.75) is 19.3 Å². The summed E-state index contributed by atoms with van der Waals surface area (Å²) in [6.07, 6.45) is -11.7. The van der Waals surface area contributed by atoms with Crippen molar-refractivity contribution in [2.75, 3.05) is 13.2 Å². The van der Waals surface area contributed by atoms with Gasteiger partial charge in [-0.3, -0.25) is 4.79 Å². The van der Waals surface area contributed by atoms with Gasteiger partial charge in [-0.05, 0) is 6.92 Å². The third-order valence-electron chi connectivity index (χ3n) is 1.84. The minimum atomic E-state index is -5.85. The predicted octanol–water partition coefficient (Wildman–Crippen LogP) is 2.39. The number of rotatable bonds is 5. The van der Waals surface area contributed by atoms with Crippen molar-refractivity contribution in [3.8, 4) is 0 Å². The SMILES string of the molecule is C=C(COC(=O)C(C(F)(F)F)C(F)(F)F)C(=O)OCC. The number of halogens is 6. The van der Waals surface area contributed by atoms with Gasteiger partial charge in [0.25, 0.3) is 0 Å². The average Bonchev–Trinajstić information content (AvgIpc) is 2.21. The van der Waals surface area contributed by atoms with E-state index in [-0.39, 0.29) is 6.61 Å². The molecular formula is C10H10F6O4. The highest BCUT2D eigenvalue weighted by Gasteiger charge is 2.62. The van der Waals surface area contributed by atoms with E-state index in [2.05, 4.69) is 16.1 Å². The molecule has 0 saturated heterocycles. The molecule has 0 fully saturated rings. The molecule has 0 aliphatic heterocycles. The standard InChI is InChI=1S/C10H10F6O4/c1-3-19-7(17)5(2)4-20-8(18)6(9(11,12)13)10(14,15)16/h6H,2-4H2,1H3. The van der Waals surface area contributed by atoms with Crippen molar-refractivity contribution in [3.63, 3.8) is 0 Å². The van der Waals surface area contributed by atoms with E-state index in [1.165, 1.54) is 6.92 Å². The first-order valence-corrected chi connectivity index (χ1v) is 5.06. The van der Waals surface area contributed by atoms with E-state index >= 15 is 0 Å². The van der Waals surface area contributed by atoms with Crippen molar-refractivity contribution >= 4 is 11.9 Å². The normalized spacial score (nSPS) is 12.2. The maximum absolute atomic E-state index is 12.1. The van der Waals surface area contributed by atoms with Gasteiger partial charge in [-0.25, -0.2) is 4.79 Å². The average molecular weight is 308 g/mol. The van der Waals surface area contributed by atoms with E-state index in [4.69, 9.17) is 0 Å². The van der Waals surface area contributed by atoms with E-state index in [0.717, 1.165) is 0 Å². The monoisotopic (exact) mass is 308 g/mol. The van der Waals surface area contributed by atoms with Gasteiger partial charge in [-0.2, -0.15) is 26.3 Å². The second kappa shape index (κ2) is 6.62. The van der Waals surface area contributed by atoms with Crippen LogP contribution in [-0.2, 0) is 19.1 Å². The molecule has 0 saturated carbocycles. The Morgan fingerprint density at radius 2 is 1.50 bits per heavy atom. The summed E-state index contributed by atoms with van der Waals surface area (Å²) in [4.78, 5) is 21.8. The second-order valence-corrected chi connectivity index (χ2v) is 3.45. The molecule has 0 atom stereocenters. The summed E-state index contributed by atoms with van der Waals surface area (Å²) >= 11 is 0. The zero-order valence-electron chi connectivity index (χ0n) is 10.1. The molecule has 0 aromatic carbocycles. The maximum Gasteiger partial charge on any atom is 0.411 e. The fourth-order valence-electron chi connectivity index (χ4n) is 0.986. The molecule has 0 aromatic rings. The van der Waals surface area contributed by atoms with E-state index in [0.29, 0.717) is 0 Å². The van der Waals surface area contributed by atoms with E-state index in [1.54, 1.807) is 0 Å². The fourth-order valence-corrected chi connectivity index (χ4v) is 0.986. The van der Waals surface area contributed by atoms with Crippen LogP contribution in [0.25, 0.3) is 0 Å². The lowest BCUT2D eigenvalue weighted by atomic mass is 10.1. The molecule has 0 bridgehead atoms. The van der Waals surface area contributed by atoms with Crippen LogP contribution in [0.1, 0.15) is 6.92 Å². The Kier molecular flexibility index (Phi) is 6.04. The van der Waals surface area contributed by atoms with Gasteiger partial charge in [0, 0.05) is 0 Å². The first kappa shape index (κ1) is 18.3. The van der Waals surface area contributed by atoms with E-state index in [1.807, 2.05) is 0 Å². The molecule has 20 heavy (non-hydrogen) atoms. The molecule has 0 aliphatic carbocycles. The Bertz CT molecular complexity index is 370. The van der Waals surface area contributed by atoms with Crippen molar-refractivity contribution < 1.29 is 45.4 Å². The highest BCUT2D eigenvalue weighted by atomic mass is 19.4. The molecule has 0 unspecified atom stereocenters. The Labute approximate surface area is 109 Å². The number of hydrogen-bond donors (Lipinski definition) is 0.